The Morgan fingerprint density at radius 2 is 1.41 bits per heavy atom. The van der Waals surface area contributed by atoms with E-state index in [9.17, 15) is 4.79 Å². The van der Waals surface area contributed by atoms with E-state index < -0.39 is 17.2 Å². The number of benzene rings is 2. The van der Waals surface area contributed by atoms with Gasteiger partial charge in [0.2, 0.25) is 0 Å². The lowest BCUT2D eigenvalue weighted by Gasteiger charge is -2.34. The Hall–Kier alpha value is -2.39. The van der Waals surface area contributed by atoms with Gasteiger partial charge in [0.1, 0.15) is 5.60 Å². The van der Waals surface area contributed by atoms with Gasteiger partial charge in [-0.05, 0) is 43.9 Å². The van der Waals surface area contributed by atoms with Gasteiger partial charge < -0.3 is 9.47 Å². The molecule has 2 aromatic carbocycles. The molecule has 1 atom stereocenters. The SMILES string of the molecule is C=CC(=O)OC(C)(C)COC(C)(CC)c1ccc(C(C)(C)c2ccccc2)cc1. The summed E-state index contributed by atoms with van der Waals surface area (Å²) in [6, 6.07) is 19.2. The Kier molecular flexibility index (Phi) is 7.07. The Balaban J connectivity index is 2.19. The van der Waals surface area contributed by atoms with E-state index in [2.05, 4.69) is 82.8 Å². The Labute approximate surface area is 175 Å². The number of ether oxygens (including phenoxy) is 2. The zero-order valence-electron chi connectivity index (χ0n) is 18.6. The van der Waals surface area contributed by atoms with Crippen LogP contribution in [0, 0.1) is 0 Å². The van der Waals surface area contributed by atoms with Crippen LogP contribution >= 0.6 is 0 Å². The van der Waals surface area contributed by atoms with Crippen LogP contribution in [0.3, 0.4) is 0 Å². The highest BCUT2D eigenvalue weighted by molar-refractivity contribution is 5.81. The molecule has 2 aromatic rings. The van der Waals surface area contributed by atoms with Gasteiger partial charge in [0.15, 0.2) is 0 Å². The maximum atomic E-state index is 11.5. The number of hydrogen-bond donors (Lipinski definition) is 0. The van der Waals surface area contributed by atoms with E-state index in [0.717, 1.165) is 12.0 Å². The highest BCUT2D eigenvalue weighted by atomic mass is 16.6. The lowest BCUT2D eigenvalue weighted by Crippen LogP contribution is -2.37. The molecule has 1 unspecified atom stereocenters. The van der Waals surface area contributed by atoms with Gasteiger partial charge in [0, 0.05) is 11.5 Å². The largest absolute Gasteiger partial charge is 0.454 e. The van der Waals surface area contributed by atoms with Crippen molar-refractivity contribution in [1.82, 2.24) is 0 Å². The summed E-state index contributed by atoms with van der Waals surface area (Å²) in [6.45, 7) is 16.1. The minimum atomic E-state index is -0.725. The molecule has 3 heteroatoms. The second-order valence-electron chi connectivity index (χ2n) is 8.83. The van der Waals surface area contributed by atoms with E-state index in [0.29, 0.717) is 6.61 Å². The first-order valence-corrected chi connectivity index (χ1v) is 10.2. The standard InChI is InChI=1S/C26H34O3/c1-8-23(27)29-24(3,4)19-28-26(7,9-2)22-17-15-21(16-18-22)25(5,6)20-13-11-10-12-14-20/h8,10-18H,1,9,19H2,2-7H3. The summed E-state index contributed by atoms with van der Waals surface area (Å²) in [7, 11) is 0. The summed E-state index contributed by atoms with van der Waals surface area (Å²) in [5, 5.41) is 0. The van der Waals surface area contributed by atoms with Crippen LogP contribution in [-0.4, -0.2) is 18.2 Å². The van der Waals surface area contributed by atoms with Gasteiger partial charge in [-0.3, -0.25) is 0 Å². The fourth-order valence-electron chi connectivity index (χ4n) is 3.33. The van der Waals surface area contributed by atoms with Gasteiger partial charge in [-0.15, -0.1) is 0 Å². The van der Waals surface area contributed by atoms with E-state index in [1.165, 1.54) is 17.2 Å². The predicted octanol–water partition coefficient (Wildman–Crippen LogP) is 6.16. The Morgan fingerprint density at radius 3 is 1.93 bits per heavy atom. The van der Waals surface area contributed by atoms with Crippen molar-refractivity contribution in [1.29, 1.82) is 0 Å². The first-order chi connectivity index (χ1) is 13.5. The lowest BCUT2D eigenvalue weighted by molar-refractivity contribution is -0.164. The highest BCUT2D eigenvalue weighted by Crippen LogP contribution is 2.35. The quantitative estimate of drug-likeness (QED) is 0.377. The van der Waals surface area contributed by atoms with Crippen LogP contribution < -0.4 is 0 Å². The van der Waals surface area contributed by atoms with Crippen molar-refractivity contribution >= 4 is 5.97 Å². The maximum absolute atomic E-state index is 11.5. The summed E-state index contributed by atoms with van der Waals surface area (Å²) in [5.74, 6) is -0.440. The van der Waals surface area contributed by atoms with Crippen LogP contribution in [0.5, 0.6) is 0 Å². The van der Waals surface area contributed by atoms with Crippen LogP contribution in [0.1, 0.15) is 64.7 Å². The van der Waals surface area contributed by atoms with E-state index in [1.54, 1.807) is 0 Å². The van der Waals surface area contributed by atoms with Gasteiger partial charge in [-0.25, -0.2) is 4.79 Å². The second kappa shape index (κ2) is 8.96. The minimum absolute atomic E-state index is 0.0792. The van der Waals surface area contributed by atoms with Gasteiger partial charge in [0.25, 0.3) is 0 Å². The van der Waals surface area contributed by atoms with Crippen LogP contribution in [-0.2, 0) is 25.3 Å². The molecular formula is C26H34O3. The van der Waals surface area contributed by atoms with Crippen molar-refractivity contribution in [3.63, 3.8) is 0 Å². The van der Waals surface area contributed by atoms with Crippen molar-refractivity contribution in [2.75, 3.05) is 6.61 Å². The zero-order chi connectivity index (χ0) is 21.7. The third kappa shape index (κ3) is 5.57. The lowest BCUT2D eigenvalue weighted by atomic mass is 9.77. The summed E-state index contributed by atoms with van der Waals surface area (Å²) >= 11 is 0. The summed E-state index contributed by atoms with van der Waals surface area (Å²) < 4.78 is 11.7. The molecule has 0 radical (unpaired) electrons. The van der Waals surface area contributed by atoms with Crippen LogP contribution in [0.2, 0.25) is 0 Å². The molecular weight excluding hydrogens is 360 g/mol. The van der Waals surface area contributed by atoms with Crippen LogP contribution in [0.4, 0.5) is 0 Å². The molecule has 156 valence electrons. The molecule has 0 N–H and O–H groups in total. The molecule has 0 bridgehead atoms. The van der Waals surface area contributed by atoms with E-state index in [4.69, 9.17) is 9.47 Å². The molecule has 29 heavy (non-hydrogen) atoms. The van der Waals surface area contributed by atoms with E-state index >= 15 is 0 Å². The van der Waals surface area contributed by atoms with Crippen molar-refractivity contribution in [3.8, 4) is 0 Å². The molecule has 3 nitrogen and oxygen atoms in total. The third-order valence-electron chi connectivity index (χ3n) is 5.67. The topological polar surface area (TPSA) is 35.5 Å². The van der Waals surface area contributed by atoms with Crippen molar-refractivity contribution < 1.29 is 14.3 Å². The molecule has 0 aliphatic heterocycles. The van der Waals surface area contributed by atoms with E-state index in [-0.39, 0.29) is 5.41 Å². The molecule has 0 heterocycles. The summed E-state index contributed by atoms with van der Waals surface area (Å²) in [4.78, 5) is 11.5. The highest BCUT2D eigenvalue weighted by Gasteiger charge is 2.31. The van der Waals surface area contributed by atoms with Crippen molar-refractivity contribution in [3.05, 3.63) is 83.9 Å². The summed E-state index contributed by atoms with van der Waals surface area (Å²) in [6.07, 6.45) is 1.98. The normalized spacial score (nSPS) is 14.1. The van der Waals surface area contributed by atoms with Crippen LogP contribution in [0.25, 0.3) is 0 Å². The van der Waals surface area contributed by atoms with Gasteiger partial charge >= 0.3 is 5.97 Å². The first kappa shape index (κ1) is 22.9. The van der Waals surface area contributed by atoms with Crippen molar-refractivity contribution in [2.45, 2.75) is 64.6 Å². The third-order valence-corrected chi connectivity index (χ3v) is 5.67. The first-order valence-electron chi connectivity index (χ1n) is 10.2. The predicted molar refractivity (Wildman–Crippen MR) is 119 cm³/mol. The van der Waals surface area contributed by atoms with Crippen LogP contribution in [0.15, 0.2) is 67.3 Å². The smallest absolute Gasteiger partial charge is 0.330 e. The molecule has 2 rings (SSSR count). The number of esters is 1. The van der Waals surface area contributed by atoms with Gasteiger partial charge in [0.05, 0.1) is 12.2 Å². The number of hydrogen-bond acceptors (Lipinski definition) is 3. The maximum Gasteiger partial charge on any atom is 0.330 e. The van der Waals surface area contributed by atoms with Crippen molar-refractivity contribution in [2.24, 2.45) is 0 Å². The number of rotatable bonds is 9. The molecule has 0 aromatic heterocycles. The molecule has 0 aliphatic rings. The Morgan fingerprint density at radius 1 is 0.897 bits per heavy atom. The van der Waals surface area contributed by atoms with Gasteiger partial charge in [-0.2, -0.15) is 0 Å². The molecule has 0 saturated heterocycles. The van der Waals surface area contributed by atoms with Gasteiger partial charge in [-0.1, -0.05) is 81.9 Å². The monoisotopic (exact) mass is 394 g/mol. The average molecular weight is 395 g/mol. The molecule has 0 aliphatic carbocycles. The minimum Gasteiger partial charge on any atom is -0.454 e. The molecule has 0 spiro atoms. The molecule has 0 saturated carbocycles. The summed E-state index contributed by atoms with van der Waals surface area (Å²) in [5.41, 5.74) is 2.38. The number of carbonyl (C=O) groups excluding carboxylic acids is 1. The zero-order valence-corrected chi connectivity index (χ0v) is 18.6. The van der Waals surface area contributed by atoms with E-state index in [1.807, 2.05) is 19.9 Å². The molecule has 0 amide bonds. The average Bonchev–Trinajstić information content (AvgIpc) is 2.72. The molecule has 0 fully saturated rings. The second-order valence-corrected chi connectivity index (χ2v) is 8.83. The Bertz CT molecular complexity index is 819. The number of carbonyl (C=O) groups is 1. The fraction of sp³-hybridized carbons (Fsp3) is 0.423. The fourth-order valence-corrected chi connectivity index (χ4v) is 3.33.